The van der Waals surface area contributed by atoms with Gasteiger partial charge in [0.15, 0.2) is 6.61 Å². The average molecular weight is 501 g/mol. The number of piperazine rings is 1. The number of quaternary nitrogens is 2. The molecule has 3 heterocycles. The Morgan fingerprint density at radius 3 is 2.03 bits per heavy atom. The molecule has 2 aromatic heterocycles. The van der Waals surface area contributed by atoms with Gasteiger partial charge in [-0.05, 0) is 35.0 Å². The van der Waals surface area contributed by atoms with Crippen molar-refractivity contribution < 1.29 is 44.2 Å². The predicted molar refractivity (Wildman–Crippen MR) is 119 cm³/mol. The molecule has 0 spiro atoms. The quantitative estimate of drug-likeness (QED) is 0.187. The first-order chi connectivity index (χ1) is 14.3. The van der Waals surface area contributed by atoms with E-state index in [0.29, 0.717) is 6.61 Å². The number of hydrogen-bond donors (Lipinski definition) is 2. The molecule has 1 saturated heterocycles. The molecule has 3 aromatic rings. The SMILES string of the molecule is COc1ccc([NH+]2CC[NH+](CCON=C(c3ccsc3)c3ccsc3)CC2)cc1.[Cl-].[Cl-]. The van der Waals surface area contributed by atoms with Gasteiger partial charge in [0.2, 0.25) is 0 Å². The summed E-state index contributed by atoms with van der Waals surface area (Å²) in [6, 6.07) is 12.6. The van der Waals surface area contributed by atoms with Crippen molar-refractivity contribution >= 4 is 34.1 Å². The Balaban J connectivity index is 0.00000171. The smallest absolute Gasteiger partial charge is 0.165 e. The topological polar surface area (TPSA) is 39.7 Å². The van der Waals surface area contributed by atoms with Gasteiger partial charge in [0.05, 0.1) is 7.11 Å². The summed E-state index contributed by atoms with van der Waals surface area (Å²) in [5, 5.41) is 12.9. The maximum atomic E-state index is 5.74. The van der Waals surface area contributed by atoms with Gasteiger partial charge in [-0.1, -0.05) is 5.16 Å². The minimum atomic E-state index is 0. The molecule has 1 aliphatic heterocycles. The highest BCUT2D eigenvalue weighted by molar-refractivity contribution is 7.08. The van der Waals surface area contributed by atoms with Gasteiger partial charge in [0.1, 0.15) is 49.9 Å². The molecular formula is C22H27Cl2N3O2S2. The zero-order chi connectivity index (χ0) is 19.9. The summed E-state index contributed by atoms with van der Waals surface area (Å²) in [7, 11) is 1.71. The van der Waals surface area contributed by atoms with Gasteiger partial charge < -0.3 is 39.3 Å². The van der Waals surface area contributed by atoms with Crippen molar-refractivity contribution in [2.75, 3.05) is 46.4 Å². The highest BCUT2D eigenvalue weighted by atomic mass is 35.5. The number of ether oxygens (including phenoxy) is 1. The molecule has 0 radical (unpaired) electrons. The highest BCUT2D eigenvalue weighted by Crippen LogP contribution is 2.16. The van der Waals surface area contributed by atoms with E-state index in [4.69, 9.17) is 9.57 Å². The zero-order valence-corrected chi connectivity index (χ0v) is 20.5. The molecule has 1 fully saturated rings. The van der Waals surface area contributed by atoms with Crippen LogP contribution in [0.25, 0.3) is 0 Å². The third kappa shape index (κ3) is 6.94. The molecular weight excluding hydrogens is 473 g/mol. The van der Waals surface area contributed by atoms with Crippen LogP contribution in [0.3, 0.4) is 0 Å². The number of halogens is 2. The van der Waals surface area contributed by atoms with Gasteiger partial charge in [0, 0.05) is 34.0 Å². The van der Waals surface area contributed by atoms with Crippen LogP contribution in [0.15, 0.2) is 63.1 Å². The Morgan fingerprint density at radius 2 is 1.52 bits per heavy atom. The first-order valence-corrected chi connectivity index (χ1v) is 11.8. The largest absolute Gasteiger partial charge is 1.00 e. The van der Waals surface area contributed by atoms with Crippen molar-refractivity contribution in [2.45, 2.75) is 0 Å². The number of rotatable bonds is 8. The lowest BCUT2D eigenvalue weighted by Gasteiger charge is -2.29. The van der Waals surface area contributed by atoms with Crippen LogP contribution in [0.2, 0.25) is 0 Å². The van der Waals surface area contributed by atoms with Crippen molar-refractivity contribution in [2.24, 2.45) is 5.16 Å². The summed E-state index contributed by atoms with van der Waals surface area (Å²) in [5.41, 5.74) is 4.52. The molecule has 9 heteroatoms. The van der Waals surface area contributed by atoms with E-state index in [9.17, 15) is 0 Å². The lowest BCUT2D eigenvalue weighted by Crippen LogP contribution is -3.26. The molecule has 1 aliphatic rings. The molecule has 0 saturated carbocycles. The summed E-state index contributed by atoms with van der Waals surface area (Å²) in [6.45, 7) is 6.21. The van der Waals surface area contributed by atoms with E-state index in [2.05, 4.69) is 50.9 Å². The molecule has 0 aliphatic carbocycles. The maximum absolute atomic E-state index is 5.74. The number of nitrogens with one attached hydrogen (secondary N) is 2. The van der Waals surface area contributed by atoms with Gasteiger partial charge in [-0.2, -0.15) is 22.7 Å². The lowest BCUT2D eigenvalue weighted by atomic mass is 10.1. The Hall–Kier alpha value is -1.61. The van der Waals surface area contributed by atoms with Crippen LogP contribution in [0, 0.1) is 0 Å². The Bertz CT molecular complexity index is 859. The summed E-state index contributed by atoms with van der Waals surface area (Å²) in [5.74, 6) is 0.916. The van der Waals surface area contributed by atoms with E-state index in [1.165, 1.54) is 5.69 Å². The minimum Gasteiger partial charge on any atom is -1.00 e. The normalized spacial score (nSPS) is 17.7. The fraction of sp³-hybridized carbons (Fsp3) is 0.318. The molecule has 5 nitrogen and oxygen atoms in total. The maximum Gasteiger partial charge on any atom is 0.165 e. The second-order valence-corrected chi connectivity index (χ2v) is 8.69. The highest BCUT2D eigenvalue weighted by Gasteiger charge is 2.24. The van der Waals surface area contributed by atoms with Crippen LogP contribution >= 0.6 is 22.7 Å². The molecule has 168 valence electrons. The number of hydrogen-bond acceptors (Lipinski definition) is 5. The van der Waals surface area contributed by atoms with Gasteiger partial charge in [-0.3, -0.25) is 4.90 Å². The molecule has 0 amide bonds. The number of nitrogens with zero attached hydrogens (tertiary/aromatic N) is 1. The minimum absolute atomic E-state index is 0. The first-order valence-electron chi connectivity index (χ1n) is 9.91. The lowest BCUT2D eigenvalue weighted by molar-refractivity contribution is -0.986. The van der Waals surface area contributed by atoms with Crippen LogP contribution in [0.4, 0.5) is 5.69 Å². The fourth-order valence-electron chi connectivity index (χ4n) is 3.64. The number of methoxy groups -OCH3 is 1. The van der Waals surface area contributed by atoms with Crippen molar-refractivity contribution in [3.8, 4) is 5.75 Å². The summed E-state index contributed by atoms with van der Waals surface area (Å²) < 4.78 is 5.26. The van der Waals surface area contributed by atoms with Crippen molar-refractivity contribution in [3.63, 3.8) is 0 Å². The van der Waals surface area contributed by atoms with Crippen molar-refractivity contribution in [1.82, 2.24) is 0 Å². The van der Waals surface area contributed by atoms with Gasteiger partial charge in [0.25, 0.3) is 0 Å². The summed E-state index contributed by atoms with van der Waals surface area (Å²) in [4.78, 5) is 8.88. The third-order valence-electron chi connectivity index (χ3n) is 5.35. The molecule has 4 rings (SSSR count). The molecule has 2 N–H and O–H groups in total. The number of thiophene rings is 2. The summed E-state index contributed by atoms with van der Waals surface area (Å²) in [6.07, 6.45) is 0. The Labute approximate surface area is 204 Å². The van der Waals surface area contributed by atoms with Gasteiger partial charge >= 0.3 is 0 Å². The van der Waals surface area contributed by atoms with E-state index in [1.807, 2.05) is 12.1 Å². The number of benzene rings is 1. The van der Waals surface area contributed by atoms with Crippen molar-refractivity contribution in [1.29, 1.82) is 0 Å². The van der Waals surface area contributed by atoms with Crippen LogP contribution in [-0.4, -0.2) is 52.2 Å². The zero-order valence-electron chi connectivity index (χ0n) is 17.4. The van der Waals surface area contributed by atoms with Crippen LogP contribution < -0.4 is 39.4 Å². The Kier molecular flexibility index (Phi) is 10.8. The predicted octanol–water partition coefficient (Wildman–Crippen LogP) is -4.29. The Morgan fingerprint density at radius 1 is 0.903 bits per heavy atom. The van der Waals surface area contributed by atoms with Crippen molar-refractivity contribution in [3.05, 3.63) is 69.0 Å². The van der Waals surface area contributed by atoms with Crippen LogP contribution in [0.5, 0.6) is 5.75 Å². The summed E-state index contributed by atoms with van der Waals surface area (Å²) >= 11 is 3.36. The standard InChI is InChI=1S/C22H25N3O2S2.2ClH/c1-26-21-4-2-20(3-5-21)25-10-8-24(9-11-25)12-13-27-23-22(18-6-14-28-16-18)19-7-15-29-17-19;;/h2-7,14-17H,8-13H2,1H3;2*1H. The van der Waals surface area contributed by atoms with Gasteiger partial charge in [-0.15, -0.1) is 0 Å². The average Bonchev–Trinajstić information content (AvgIpc) is 3.49. The van der Waals surface area contributed by atoms with E-state index < -0.39 is 0 Å². The fourth-order valence-corrected chi connectivity index (χ4v) is 4.92. The van der Waals surface area contributed by atoms with Crippen LogP contribution in [0.1, 0.15) is 11.1 Å². The second kappa shape index (κ2) is 13.1. The van der Waals surface area contributed by atoms with E-state index in [-0.39, 0.29) is 24.8 Å². The van der Waals surface area contributed by atoms with E-state index in [0.717, 1.165) is 55.3 Å². The molecule has 0 atom stereocenters. The molecule has 1 aromatic carbocycles. The van der Waals surface area contributed by atoms with Crippen LogP contribution in [-0.2, 0) is 4.84 Å². The number of oxime groups is 1. The molecule has 0 bridgehead atoms. The second-order valence-electron chi connectivity index (χ2n) is 7.13. The third-order valence-corrected chi connectivity index (χ3v) is 6.72. The van der Waals surface area contributed by atoms with Gasteiger partial charge in [-0.25, -0.2) is 0 Å². The molecule has 0 unspecified atom stereocenters. The molecule has 31 heavy (non-hydrogen) atoms. The van der Waals surface area contributed by atoms with E-state index >= 15 is 0 Å². The van der Waals surface area contributed by atoms with E-state index in [1.54, 1.807) is 39.6 Å². The monoisotopic (exact) mass is 499 g/mol. The first kappa shape index (κ1) is 25.6.